The molecule has 1 aromatic rings. The molecule has 0 amide bonds. The molecular formula is C15H20NO2Si. The highest BCUT2D eigenvalue weighted by atomic mass is 28.3. The van der Waals surface area contributed by atoms with Gasteiger partial charge in [0.2, 0.25) is 0 Å². The Labute approximate surface area is 117 Å². The maximum Gasteiger partial charge on any atom is 0.148 e. The van der Waals surface area contributed by atoms with Crippen LogP contribution in [-0.2, 0) is 4.74 Å². The monoisotopic (exact) mass is 274 g/mol. The number of morpholine rings is 1. The number of terminal acetylenes is 1. The third-order valence-corrected chi connectivity index (χ3v) is 4.67. The summed E-state index contributed by atoms with van der Waals surface area (Å²) < 4.78 is 11.1. The Bertz CT molecular complexity index is 462. The number of anilines is 1. The smallest absolute Gasteiger partial charge is 0.148 e. The Morgan fingerprint density at radius 2 is 2.11 bits per heavy atom. The predicted molar refractivity (Wildman–Crippen MR) is 80.9 cm³/mol. The third kappa shape index (κ3) is 3.31. The molecule has 0 N–H and O–H groups in total. The highest BCUT2D eigenvalue weighted by Gasteiger charge is 2.20. The lowest BCUT2D eigenvalue weighted by atomic mass is 10.2. The van der Waals surface area contributed by atoms with Crippen LogP contribution in [0, 0.1) is 12.3 Å². The van der Waals surface area contributed by atoms with Crippen LogP contribution >= 0.6 is 0 Å². The molecule has 1 fully saturated rings. The number of ether oxygens (including phenoxy) is 2. The van der Waals surface area contributed by atoms with E-state index >= 15 is 0 Å². The summed E-state index contributed by atoms with van der Waals surface area (Å²) in [5, 5.41) is 1.34. The van der Waals surface area contributed by atoms with Crippen LogP contribution in [0.15, 0.2) is 18.2 Å². The van der Waals surface area contributed by atoms with Gasteiger partial charge in [0.25, 0.3) is 0 Å². The third-order valence-electron chi connectivity index (χ3n) is 3.17. The van der Waals surface area contributed by atoms with E-state index in [9.17, 15) is 0 Å². The first-order valence-corrected chi connectivity index (χ1v) is 9.06. The average molecular weight is 274 g/mol. The van der Waals surface area contributed by atoms with Gasteiger partial charge in [0.05, 0.1) is 22.0 Å². The topological polar surface area (TPSA) is 21.7 Å². The van der Waals surface area contributed by atoms with Crippen molar-refractivity contribution < 1.29 is 9.47 Å². The van der Waals surface area contributed by atoms with Crippen LogP contribution in [0.3, 0.4) is 0 Å². The molecular weight excluding hydrogens is 254 g/mol. The number of hydrogen-bond donors (Lipinski definition) is 0. The van der Waals surface area contributed by atoms with Gasteiger partial charge in [0, 0.05) is 24.0 Å². The molecule has 4 heteroatoms. The minimum atomic E-state index is -0.626. The maximum absolute atomic E-state index is 5.71. The van der Waals surface area contributed by atoms with E-state index in [1.165, 1.54) is 10.9 Å². The predicted octanol–water partition coefficient (Wildman–Crippen LogP) is 1.50. The van der Waals surface area contributed by atoms with Gasteiger partial charge in [-0.05, 0) is 12.1 Å². The molecule has 0 unspecified atom stereocenters. The Balaban J connectivity index is 2.33. The van der Waals surface area contributed by atoms with Crippen molar-refractivity contribution in [2.75, 3.05) is 37.8 Å². The van der Waals surface area contributed by atoms with Crippen molar-refractivity contribution in [1.82, 2.24) is 0 Å². The molecule has 1 aliphatic heterocycles. The summed E-state index contributed by atoms with van der Waals surface area (Å²) in [5.74, 6) is 3.48. The summed E-state index contributed by atoms with van der Waals surface area (Å²) >= 11 is 0. The number of nitrogens with zero attached hydrogens (tertiary/aromatic N) is 1. The van der Waals surface area contributed by atoms with E-state index in [0.29, 0.717) is 6.61 Å². The summed E-state index contributed by atoms with van der Waals surface area (Å²) in [6, 6.07) is 6.25. The molecule has 1 aromatic carbocycles. The zero-order valence-electron chi connectivity index (χ0n) is 11.6. The SMILES string of the molecule is C#CCOc1cccc(N2CCOCC2)c1[Si](C)C. The molecule has 1 saturated heterocycles. The van der Waals surface area contributed by atoms with Crippen molar-refractivity contribution in [2.45, 2.75) is 13.1 Å². The van der Waals surface area contributed by atoms with E-state index in [1.807, 2.05) is 12.1 Å². The van der Waals surface area contributed by atoms with E-state index in [1.54, 1.807) is 0 Å². The van der Waals surface area contributed by atoms with E-state index in [0.717, 1.165) is 32.1 Å². The molecule has 0 saturated carbocycles. The Morgan fingerprint density at radius 3 is 2.74 bits per heavy atom. The van der Waals surface area contributed by atoms with E-state index in [-0.39, 0.29) is 0 Å². The van der Waals surface area contributed by atoms with Crippen molar-refractivity contribution in [3.63, 3.8) is 0 Å². The molecule has 1 heterocycles. The largest absolute Gasteiger partial charge is 0.481 e. The molecule has 19 heavy (non-hydrogen) atoms. The second-order valence-electron chi connectivity index (χ2n) is 4.74. The normalized spacial score (nSPS) is 15.4. The Morgan fingerprint density at radius 1 is 1.37 bits per heavy atom. The number of hydrogen-bond acceptors (Lipinski definition) is 3. The van der Waals surface area contributed by atoms with Crippen LogP contribution in [0.5, 0.6) is 5.75 Å². The minimum Gasteiger partial charge on any atom is -0.481 e. The van der Waals surface area contributed by atoms with Gasteiger partial charge in [0.15, 0.2) is 0 Å². The zero-order valence-corrected chi connectivity index (χ0v) is 12.6. The Hall–Kier alpha value is -1.44. The molecule has 0 spiro atoms. The van der Waals surface area contributed by atoms with Gasteiger partial charge >= 0.3 is 0 Å². The first kappa shape index (κ1) is 14.0. The van der Waals surface area contributed by atoms with Gasteiger partial charge in [-0.2, -0.15) is 0 Å². The average Bonchev–Trinajstić information content (AvgIpc) is 2.45. The summed E-state index contributed by atoms with van der Waals surface area (Å²) in [6.45, 7) is 8.38. The van der Waals surface area contributed by atoms with Crippen LogP contribution in [-0.4, -0.2) is 41.7 Å². The summed E-state index contributed by atoms with van der Waals surface area (Å²) in [6.07, 6.45) is 5.29. The molecule has 1 radical (unpaired) electrons. The van der Waals surface area contributed by atoms with Crippen molar-refractivity contribution in [3.05, 3.63) is 18.2 Å². The molecule has 1 aliphatic rings. The van der Waals surface area contributed by atoms with E-state index in [4.69, 9.17) is 15.9 Å². The fourth-order valence-electron chi connectivity index (χ4n) is 2.33. The number of benzene rings is 1. The Kier molecular flexibility index (Phi) is 4.89. The van der Waals surface area contributed by atoms with Crippen LogP contribution in [0.2, 0.25) is 13.1 Å². The zero-order chi connectivity index (χ0) is 13.7. The molecule has 3 nitrogen and oxygen atoms in total. The van der Waals surface area contributed by atoms with Crippen molar-refractivity contribution in [2.24, 2.45) is 0 Å². The maximum atomic E-state index is 5.71. The summed E-state index contributed by atoms with van der Waals surface area (Å²) in [7, 11) is -0.626. The highest BCUT2D eigenvalue weighted by Crippen LogP contribution is 2.21. The molecule has 0 bridgehead atoms. The van der Waals surface area contributed by atoms with Gasteiger partial charge < -0.3 is 14.4 Å². The van der Waals surface area contributed by atoms with E-state index < -0.39 is 8.80 Å². The van der Waals surface area contributed by atoms with Crippen molar-refractivity contribution in [3.8, 4) is 18.1 Å². The molecule has 2 rings (SSSR count). The minimum absolute atomic E-state index is 0.328. The second kappa shape index (κ2) is 6.64. The van der Waals surface area contributed by atoms with Crippen LogP contribution in [0.1, 0.15) is 0 Å². The van der Waals surface area contributed by atoms with Crippen LogP contribution in [0.25, 0.3) is 0 Å². The second-order valence-corrected chi connectivity index (χ2v) is 7.24. The molecule has 0 aliphatic carbocycles. The van der Waals surface area contributed by atoms with Gasteiger partial charge in [0.1, 0.15) is 12.4 Å². The molecule has 0 aromatic heterocycles. The summed E-state index contributed by atoms with van der Waals surface area (Å²) in [5.41, 5.74) is 1.29. The fourth-order valence-corrected chi connectivity index (χ4v) is 3.73. The van der Waals surface area contributed by atoms with Crippen LogP contribution in [0.4, 0.5) is 5.69 Å². The number of rotatable bonds is 4. The fraction of sp³-hybridized carbons (Fsp3) is 0.467. The van der Waals surface area contributed by atoms with Gasteiger partial charge in [-0.1, -0.05) is 25.1 Å². The van der Waals surface area contributed by atoms with Crippen LogP contribution < -0.4 is 14.8 Å². The highest BCUT2D eigenvalue weighted by molar-refractivity contribution is 6.73. The lowest BCUT2D eigenvalue weighted by Crippen LogP contribution is -2.41. The van der Waals surface area contributed by atoms with Crippen molar-refractivity contribution in [1.29, 1.82) is 0 Å². The van der Waals surface area contributed by atoms with Gasteiger partial charge in [-0.15, -0.1) is 6.42 Å². The summed E-state index contributed by atoms with van der Waals surface area (Å²) in [4.78, 5) is 2.39. The molecule has 101 valence electrons. The van der Waals surface area contributed by atoms with Gasteiger partial charge in [-0.25, -0.2) is 0 Å². The first-order valence-electron chi connectivity index (χ1n) is 6.56. The van der Waals surface area contributed by atoms with Crippen molar-refractivity contribution >= 4 is 19.7 Å². The van der Waals surface area contributed by atoms with Gasteiger partial charge in [-0.3, -0.25) is 0 Å². The standard InChI is InChI=1S/C15H20NO2Si/c1-4-10-18-14-7-5-6-13(15(14)19(2)3)16-8-11-17-12-9-16/h1,5-7H,8-12H2,2-3H3. The lowest BCUT2D eigenvalue weighted by molar-refractivity contribution is 0.123. The molecule has 0 atom stereocenters. The quantitative estimate of drug-likeness (QED) is 0.613. The van der Waals surface area contributed by atoms with E-state index in [2.05, 4.69) is 30.0 Å². The first-order chi connectivity index (χ1) is 9.24. The lowest BCUT2D eigenvalue weighted by Gasteiger charge is -2.32.